The number of fused-ring (bicyclic) bond motifs is 1. The number of benzene rings is 1. The van der Waals surface area contributed by atoms with E-state index in [1.807, 2.05) is 19.9 Å². The smallest absolute Gasteiger partial charge is 0.248 e. The van der Waals surface area contributed by atoms with Crippen molar-refractivity contribution in [1.29, 1.82) is 5.26 Å². The molecule has 0 fully saturated rings. The average Bonchev–Trinajstić information content (AvgIpc) is 2.49. The number of carbonyl (C=O) groups excluding carboxylic acids is 1. The molecule has 1 aliphatic rings. The van der Waals surface area contributed by atoms with Gasteiger partial charge in [0.25, 0.3) is 0 Å². The quantitative estimate of drug-likeness (QED) is 0.770. The first-order chi connectivity index (χ1) is 7.43. The number of ether oxygens (including phenoxy) is 1. The average molecular weight is 216 g/mol. The highest BCUT2D eigenvalue weighted by Crippen LogP contribution is 2.38. The predicted octanol–water partition coefficient (Wildman–Crippen LogP) is 1.37. The summed E-state index contributed by atoms with van der Waals surface area (Å²) in [6, 6.07) is 5.20. The number of rotatable bonds is 1. The fourth-order valence-electron chi connectivity index (χ4n) is 1.94. The number of nitrogens with zero attached hydrogens (tertiary/aromatic N) is 1. The molecule has 82 valence electrons. The second-order valence-corrected chi connectivity index (χ2v) is 4.53. The number of nitrogens with two attached hydrogens (primary N) is 1. The Balaban J connectivity index is 2.59. The van der Waals surface area contributed by atoms with E-state index in [1.54, 1.807) is 6.07 Å². The van der Waals surface area contributed by atoms with Crippen LogP contribution in [0.25, 0.3) is 0 Å². The Bertz CT molecular complexity index is 512. The van der Waals surface area contributed by atoms with Crippen molar-refractivity contribution in [2.75, 3.05) is 0 Å². The Morgan fingerprint density at radius 3 is 2.81 bits per heavy atom. The van der Waals surface area contributed by atoms with Crippen LogP contribution in [0.3, 0.4) is 0 Å². The van der Waals surface area contributed by atoms with E-state index in [0.717, 1.165) is 5.56 Å². The van der Waals surface area contributed by atoms with Crippen LogP contribution in [0.4, 0.5) is 0 Å². The van der Waals surface area contributed by atoms with Gasteiger partial charge in [0.2, 0.25) is 5.91 Å². The van der Waals surface area contributed by atoms with E-state index in [1.165, 1.54) is 6.07 Å². The summed E-state index contributed by atoms with van der Waals surface area (Å²) < 4.78 is 5.68. The molecule has 4 nitrogen and oxygen atoms in total. The maximum absolute atomic E-state index is 11.1. The Hall–Kier alpha value is -2.02. The van der Waals surface area contributed by atoms with Crippen LogP contribution < -0.4 is 10.5 Å². The topological polar surface area (TPSA) is 76.1 Å². The molecule has 0 saturated carbocycles. The van der Waals surface area contributed by atoms with Crippen molar-refractivity contribution in [3.8, 4) is 11.8 Å². The highest BCUT2D eigenvalue weighted by atomic mass is 16.5. The molecule has 1 aliphatic heterocycles. The van der Waals surface area contributed by atoms with Crippen LogP contribution in [-0.2, 0) is 6.42 Å². The van der Waals surface area contributed by atoms with Crippen molar-refractivity contribution < 1.29 is 9.53 Å². The van der Waals surface area contributed by atoms with E-state index in [4.69, 9.17) is 15.7 Å². The minimum Gasteiger partial charge on any atom is -0.486 e. The van der Waals surface area contributed by atoms with E-state index in [-0.39, 0.29) is 5.60 Å². The first-order valence-electron chi connectivity index (χ1n) is 4.99. The number of amides is 1. The first kappa shape index (κ1) is 10.5. The Labute approximate surface area is 93.6 Å². The van der Waals surface area contributed by atoms with Crippen LogP contribution in [0.1, 0.15) is 35.3 Å². The third-order valence-corrected chi connectivity index (χ3v) is 2.57. The van der Waals surface area contributed by atoms with Gasteiger partial charge < -0.3 is 10.5 Å². The van der Waals surface area contributed by atoms with Crippen LogP contribution in [-0.4, -0.2) is 11.5 Å². The maximum atomic E-state index is 11.1. The summed E-state index contributed by atoms with van der Waals surface area (Å²) in [6.07, 6.45) is 0.679. The van der Waals surface area contributed by atoms with Crippen LogP contribution in [0.15, 0.2) is 12.1 Å². The minimum atomic E-state index is -0.524. The fourth-order valence-corrected chi connectivity index (χ4v) is 1.94. The van der Waals surface area contributed by atoms with Crippen molar-refractivity contribution in [1.82, 2.24) is 0 Å². The lowest BCUT2D eigenvalue weighted by Gasteiger charge is -2.17. The zero-order valence-electron chi connectivity index (χ0n) is 9.20. The summed E-state index contributed by atoms with van der Waals surface area (Å²) in [5, 5.41) is 9.00. The van der Waals surface area contributed by atoms with Gasteiger partial charge in [-0.3, -0.25) is 4.79 Å². The Morgan fingerprint density at radius 2 is 2.25 bits per heavy atom. The van der Waals surface area contributed by atoms with Gasteiger partial charge in [-0.15, -0.1) is 0 Å². The second kappa shape index (κ2) is 3.24. The molecule has 0 radical (unpaired) electrons. The molecule has 0 unspecified atom stereocenters. The van der Waals surface area contributed by atoms with Gasteiger partial charge in [-0.25, -0.2) is 0 Å². The van der Waals surface area contributed by atoms with E-state index in [0.29, 0.717) is 23.3 Å². The van der Waals surface area contributed by atoms with Gasteiger partial charge in [0, 0.05) is 17.5 Å². The zero-order chi connectivity index (χ0) is 11.9. The summed E-state index contributed by atoms with van der Waals surface area (Å²) in [6.45, 7) is 3.89. The highest BCUT2D eigenvalue weighted by Gasteiger charge is 2.32. The lowest BCUT2D eigenvalue weighted by molar-refractivity contribution is 0.1000. The highest BCUT2D eigenvalue weighted by molar-refractivity contribution is 5.93. The van der Waals surface area contributed by atoms with Crippen molar-refractivity contribution in [2.45, 2.75) is 25.9 Å². The molecule has 0 aliphatic carbocycles. The van der Waals surface area contributed by atoms with Crippen molar-refractivity contribution in [2.24, 2.45) is 5.73 Å². The van der Waals surface area contributed by atoms with Gasteiger partial charge >= 0.3 is 0 Å². The number of nitriles is 1. The maximum Gasteiger partial charge on any atom is 0.248 e. The normalized spacial score (nSPS) is 16.1. The number of hydrogen-bond acceptors (Lipinski definition) is 3. The first-order valence-corrected chi connectivity index (χ1v) is 4.99. The van der Waals surface area contributed by atoms with Crippen LogP contribution >= 0.6 is 0 Å². The van der Waals surface area contributed by atoms with E-state index in [2.05, 4.69) is 0 Å². The Morgan fingerprint density at radius 1 is 1.56 bits per heavy atom. The molecule has 1 heterocycles. The molecule has 1 amide bonds. The number of hydrogen-bond donors (Lipinski definition) is 1. The molecule has 0 spiro atoms. The van der Waals surface area contributed by atoms with Crippen molar-refractivity contribution in [3.05, 3.63) is 28.8 Å². The molecular formula is C12H12N2O2. The fraction of sp³-hybridized carbons (Fsp3) is 0.333. The second-order valence-electron chi connectivity index (χ2n) is 4.53. The zero-order valence-corrected chi connectivity index (χ0v) is 9.20. The van der Waals surface area contributed by atoms with E-state index in [9.17, 15) is 4.79 Å². The largest absolute Gasteiger partial charge is 0.486 e. The number of primary amides is 1. The van der Waals surface area contributed by atoms with Crippen molar-refractivity contribution >= 4 is 5.91 Å². The molecule has 0 atom stereocenters. The molecule has 16 heavy (non-hydrogen) atoms. The van der Waals surface area contributed by atoms with Gasteiger partial charge in [0.05, 0.1) is 5.56 Å². The van der Waals surface area contributed by atoms with Gasteiger partial charge in [0.1, 0.15) is 17.4 Å². The van der Waals surface area contributed by atoms with E-state index < -0.39 is 5.91 Å². The summed E-state index contributed by atoms with van der Waals surface area (Å²) in [5.74, 6) is 0.0570. The van der Waals surface area contributed by atoms with E-state index >= 15 is 0 Å². The summed E-state index contributed by atoms with van der Waals surface area (Å²) >= 11 is 0. The van der Waals surface area contributed by atoms with Gasteiger partial charge in [-0.2, -0.15) is 5.26 Å². The van der Waals surface area contributed by atoms with Crippen LogP contribution in [0, 0.1) is 11.3 Å². The lowest BCUT2D eigenvalue weighted by atomic mass is 9.98. The lowest BCUT2D eigenvalue weighted by Crippen LogP contribution is -2.24. The molecule has 0 bridgehead atoms. The van der Waals surface area contributed by atoms with Crippen LogP contribution in [0.2, 0.25) is 0 Å². The molecule has 2 N–H and O–H groups in total. The summed E-state index contributed by atoms with van der Waals surface area (Å²) in [7, 11) is 0. The van der Waals surface area contributed by atoms with Gasteiger partial charge in [-0.1, -0.05) is 0 Å². The SMILES string of the molecule is CC1(C)Cc2cc(C(N)=O)cc(C#N)c2O1. The molecule has 1 aromatic carbocycles. The van der Waals surface area contributed by atoms with Gasteiger partial charge in [0.15, 0.2) is 0 Å². The molecular weight excluding hydrogens is 204 g/mol. The predicted molar refractivity (Wildman–Crippen MR) is 58.1 cm³/mol. The molecule has 4 heteroatoms. The third kappa shape index (κ3) is 1.61. The third-order valence-electron chi connectivity index (χ3n) is 2.57. The van der Waals surface area contributed by atoms with Gasteiger partial charge in [-0.05, 0) is 26.0 Å². The number of carbonyl (C=O) groups is 1. The summed E-state index contributed by atoms with van der Waals surface area (Å²) in [5.41, 5.74) is 6.48. The summed E-state index contributed by atoms with van der Waals surface area (Å²) in [4.78, 5) is 11.1. The minimum absolute atomic E-state index is 0.329. The molecule has 0 aromatic heterocycles. The molecule has 1 aromatic rings. The van der Waals surface area contributed by atoms with Crippen molar-refractivity contribution in [3.63, 3.8) is 0 Å². The Kier molecular flexibility index (Phi) is 2.13. The molecule has 0 saturated heterocycles. The van der Waals surface area contributed by atoms with Crippen LogP contribution in [0.5, 0.6) is 5.75 Å². The molecule has 2 rings (SSSR count). The standard InChI is InChI=1S/C12H12N2O2/c1-12(2)5-8-3-7(11(14)15)4-9(6-13)10(8)16-12/h3-4H,5H2,1-2H3,(H2,14,15). The monoisotopic (exact) mass is 216 g/mol.